The largest absolute Gasteiger partial charge is 0.504 e. The van der Waals surface area contributed by atoms with Crippen LogP contribution in [-0.4, -0.2) is 91.9 Å². The number of benzene rings is 3. The van der Waals surface area contributed by atoms with Crippen LogP contribution in [0.5, 0.6) is 28.7 Å². The molecule has 3 unspecified atom stereocenters. The van der Waals surface area contributed by atoms with Crippen molar-refractivity contribution in [3.63, 3.8) is 0 Å². The molecule has 2 bridgehead atoms. The Morgan fingerprint density at radius 3 is 2.33 bits per heavy atom. The number of aromatic hydroxyl groups is 1. The van der Waals surface area contributed by atoms with Gasteiger partial charge in [0.1, 0.15) is 6.04 Å². The summed E-state index contributed by atoms with van der Waals surface area (Å²) >= 11 is 0. The number of phenolic OH excluding ortho intramolecular Hbond substituents is 1. The first-order chi connectivity index (χ1) is 23.4. The van der Waals surface area contributed by atoms with Crippen molar-refractivity contribution in [3.8, 4) is 34.8 Å². The number of ether oxygens (including phenoxy) is 3. The van der Waals surface area contributed by atoms with Gasteiger partial charge < -0.3 is 23.5 Å². The van der Waals surface area contributed by atoms with E-state index in [9.17, 15) is 28.4 Å². The van der Waals surface area contributed by atoms with Crippen LogP contribution in [0.2, 0.25) is 0 Å². The van der Waals surface area contributed by atoms with Gasteiger partial charge in [-0.15, -0.1) is 0 Å². The molecule has 14 heteroatoms. The molecule has 3 aromatic carbocycles. The first kappa shape index (κ1) is 31.4. The molecule has 5 aliphatic rings. The number of carbonyl (C=O) groups excluding carboxylic acids is 2. The molecule has 13 nitrogen and oxygen atoms in total. The van der Waals surface area contributed by atoms with E-state index in [0.717, 1.165) is 17.4 Å². The summed E-state index contributed by atoms with van der Waals surface area (Å²) in [6.45, 7) is 3.25. The number of amides is 2. The van der Waals surface area contributed by atoms with E-state index in [1.54, 1.807) is 31.2 Å². The third-order valence-electron chi connectivity index (χ3n) is 10.7. The van der Waals surface area contributed by atoms with Crippen molar-refractivity contribution in [2.24, 2.45) is 0 Å². The van der Waals surface area contributed by atoms with Gasteiger partial charge in [0.2, 0.25) is 6.79 Å². The number of nitrogens with zero attached hydrogens (tertiary/aromatic N) is 4. The second-order valence-corrected chi connectivity index (χ2v) is 14.9. The molecule has 0 spiro atoms. The Kier molecular flexibility index (Phi) is 6.95. The van der Waals surface area contributed by atoms with Crippen LogP contribution in [0.3, 0.4) is 0 Å². The van der Waals surface area contributed by atoms with Gasteiger partial charge in [-0.1, -0.05) is 18.2 Å². The third kappa shape index (κ3) is 4.38. The van der Waals surface area contributed by atoms with Crippen molar-refractivity contribution >= 4 is 21.9 Å². The van der Waals surface area contributed by atoms with Crippen LogP contribution in [0.15, 0.2) is 30.3 Å². The highest BCUT2D eigenvalue weighted by atomic mass is 32.2. The lowest BCUT2D eigenvalue weighted by Gasteiger charge is -2.60. The number of carbonyl (C=O) groups is 2. The number of rotatable bonds is 5. The van der Waals surface area contributed by atoms with Crippen LogP contribution in [-0.2, 0) is 23.0 Å². The van der Waals surface area contributed by atoms with Crippen molar-refractivity contribution < 1.29 is 41.5 Å². The molecule has 5 heterocycles. The standard InChI is InChI=1S/C35H34N4O9S/c1-16-10-18-11-22-24(13-36)39-23(28(37(22)3)26(18)29(40)30(16)45-4)12-21-27(33-32(46-15-47-33)17(2)31(21)48-49(5,43)44)25(39)14-38-34(41)19-8-6-7-9-20(19)35(38)42/h6-10,22-25,28,40H,11-12,14-15H2,1-5H3/t22-,23?,24?,25?,28-/m0/s1. The predicted molar refractivity (Wildman–Crippen MR) is 173 cm³/mol. The average Bonchev–Trinajstić information content (AvgIpc) is 3.63. The fourth-order valence-electron chi connectivity index (χ4n) is 8.85. The van der Waals surface area contributed by atoms with Crippen LogP contribution >= 0.6 is 0 Å². The predicted octanol–water partition coefficient (Wildman–Crippen LogP) is 3.15. The summed E-state index contributed by atoms with van der Waals surface area (Å²) in [6.07, 6.45) is 1.59. The molecule has 0 aliphatic carbocycles. The van der Waals surface area contributed by atoms with E-state index in [1.165, 1.54) is 12.0 Å². The highest BCUT2D eigenvalue weighted by molar-refractivity contribution is 7.86. The molecule has 1 N–H and O–H groups in total. The van der Waals surface area contributed by atoms with Gasteiger partial charge in [0.05, 0.1) is 42.6 Å². The minimum Gasteiger partial charge on any atom is -0.504 e. The van der Waals surface area contributed by atoms with Crippen LogP contribution in [0, 0.1) is 25.2 Å². The lowest BCUT2D eigenvalue weighted by molar-refractivity contribution is -0.0757. The molecule has 49 heavy (non-hydrogen) atoms. The number of imide groups is 1. The topological polar surface area (TPSA) is 159 Å². The second-order valence-electron chi connectivity index (χ2n) is 13.3. The summed E-state index contributed by atoms with van der Waals surface area (Å²) in [5.41, 5.74) is 4.29. The first-order valence-electron chi connectivity index (χ1n) is 15.9. The summed E-state index contributed by atoms with van der Waals surface area (Å²) in [4.78, 5) is 32.9. The highest BCUT2D eigenvalue weighted by Crippen LogP contribution is 2.58. The van der Waals surface area contributed by atoms with Crippen LogP contribution < -0.4 is 18.4 Å². The van der Waals surface area contributed by atoms with E-state index in [0.29, 0.717) is 45.9 Å². The van der Waals surface area contributed by atoms with Crippen LogP contribution in [0.25, 0.3) is 0 Å². The number of phenols is 1. The average molecular weight is 687 g/mol. The number of aryl methyl sites for hydroxylation is 1. The number of likely N-dealkylation sites (N-methyl/N-ethyl adjacent to an activating group) is 1. The number of hydrogen-bond donors (Lipinski definition) is 1. The molecule has 0 aromatic heterocycles. The Balaban J connectivity index is 1.39. The van der Waals surface area contributed by atoms with Crippen molar-refractivity contribution in [1.29, 1.82) is 5.26 Å². The fourth-order valence-corrected chi connectivity index (χ4v) is 9.38. The summed E-state index contributed by atoms with van der Waals surface area (Å²) < 4.78 is 48.7. The monoisotopic (exact) mass is 686 g/mol. The number of hydrogen-bond acceptors (Lipinski definition) is 12. The van der Waals surface area contributed by atoms with Gasteiger partial charge in [-0.05, 0) is 57.0 Å². The smallest absolute Gasteiger partial charge is 0.306 e. The molecular formula is C35H34N4O9S. The maximum absolute atomic E-state index is 13.8. The lowest BCUT2D eigenvalue weighted by atomic mass is 9.71. The maximum Gasteiger partial charge on any atom is 0.306 e. The van der Waals surface area contributed by atoms with Crippen molar-refractivity contribution in [3.05, 3.63) is 74.8 Å². The summed E-state index contributed by atoms with van der Waals surface area (Å²) in [6, 6.07) is 8.16. The van der Waals surface area contributed by atoms with Crippen LogP contribution in [0.1, 0.15) is 66.2 Å². The third-order valence-corrected chi connectivity index (χ3v) is 11.2. The van der Waals surface area contributed by atoms with Crippen LogP contribution in [0.4, 0.5) is 0 Å². The van der Waals surface area contributed by atoms with Gasteiger partial charge in [-0.25, -0.2) is 0 Å². The van der Waals surface area contributed by atoms with Crippen molar-refractivity contribution in [2.45, 2.75) is 56.9 Å². The molecule has 1 saturated heterocycles. The number of nitriles is 1. The quantitative estimate of drug-likeness (QED) is 0.309. The van der Waals surface area contributed by atoms with E-state index >= 15 is 0 Å². The Bertz CT molecular complexity index is 2110. The van der Waals surface area contributed by atoms with E-state index in [-0.39, 0.29) is 48.4 Å². The molecule has 0 saturated carbocycles. The minimum absolute atomic E-state index is 0.000305. The number of methoxy groups -OCH3 is 1. The van der Waals surface area contributed by atoms with Crippen molar-refractivity contribution in [2.75, 3.05) is 33.8 Å². The Morgan fingerprint density at radius 1 is 1.02 bits per heavy atom. The van der Waals surface area contributed by atoms with Gasteiger partial charge in [0, 0.05) is 40.9 Å². The zero-order valence-electron chi connectivity index (χ0n) is 27.5. The van der Waals surface area contributed by atoms with E-state index in [4.69, 9.17) is 18.4 Å². The van der Waals surface area contributed by atoms with Gasteiger partial charge in [-0.2, -0.15) is 13.7 Å². The van der Waals surface area contributed by atoms with E-state index in [1.807, 2.05) is 24.9 Å². The first-order valence-corrected chi connectivity index (χ1v) is 17.8. The Hall–Kier alpha value is -4.84. The SMILES string of the molecule is COc1c(C)cc2c(c1O)[C@@H]1C3Cc4c(OS(C)(=O)=O)c(C)c5c(c4C(CN4C(=O)c6ccccc6C4=O)N3C(C#N)[C@H](C2)N1C)OCO5. The van der Waals surface area contributed by atoms with Gasteiger partial charge in [-0.3, -0.25) is 24.3 Å². The van der Waals surface area contributed by atoms with Crippen molar-refractivity contribution in [1.82, 2.24) is 14.7 Å². The molecule has 3 aromatic rings. The Labute approximate surface area is 283 Å². The molecule has 254 valence electrons. The highest BCUT2D eigenvalue weighted by Gasteiger charge is 2.57. The van der Waals surface area contributed by atoms with Gasteiger partial charge in [0.25, 0.3) is 11.8 Å². The summed E-state index contributed by atoms with van der Waals surface area (Å²) in [7, 11) is -0.620. The molecule has 0 radical (unpaired) electrons. The van der Waals surface area contributed by atoms with Gasteiger partial charge in [0.15, 0.2) is 28.7 Å². The van der Waals surface area contributed by atoms with E-state index < -0.39 is 46.1 Å². The number of piperazine rings is 1. The second kappa shape index (κ2) is 10.8. The summed E-state index contributed by atoms with van der Waals surface area (Å²) in [5.74, 6) is 0.143. The molecule has 1 fully saturated rings. The van der Waals surface area contributed by atoms with E-state index in [2.05, 4.69) is 11.0 Å². The zero-order chi connectivity index (χ0) is 34.7. The fraction of sp³-hybridized carbons (Fsp3) is 0.400. The maximum atomic E-state index is 13.8. The minimum atomic E-state index is -4.03. The zero-order valence-corrected chi connectivity index (χ0v) is 28.3. The molecule has 5 aliphatic heterocycles. The normalized spacial score (nSPS) is 25.3. The summed E-state index contributed by atoms with van der Waals surface area (Å²) in [5, 5.41) is 22.6. The number of fused-ring (bicyclic) bond motifs is 10. The van der Waals surface area contributed by atoms with Gasteiger partial charge >= 0.3 is 10.1 Å². The lowest BCUT2D eigenvalue weighted by Crippen LogP contribution is -2.68. The molecule has 5 atom stereocenters. The molecular weight excluding hydrogens is 652 g/mol. The molecule has 8 rings (SSSR count). The molecule has 2 amide bonds. The Morgan fingerprint density at radius 2 is 1.69 bits per heavy atom.